The van der Waals surface area contributed by atoms with E-state index < -0.39 is 0 Å². The van der Waals surface area contributed by atoms with Crippen molar-refractivity contribution >= 4 is 0 Å². The van der Waals surface area contributed by atoms with Crippen LogP contribution in [-0.2, 0) is 15.2 Å². The van der Waals surface area contributed by atoms with Crippen molar-refractivity contribution in [3.63, 3.8) is 0 Å². The average molecular weight is 376 g/mol. The van der Waals surface area contributed by atoms with Gasteiger partial charge in [0.15, 0.2) is 11.5 Å². The first-order chi connectivity index (χ1) is 13.1. The summed E-state index contributed by atoms with van der Waals surface area (Å²) in [6, 6.07) is 15.5. The number of aliphatic hydroxyl groups is 2. The third kappa shape index (κ3) is 6.52. The van der Waals surface area contributed by atoms with Crippen LogP contribution in [0.15, 0.2) is 48.5 Å². The molecule has 2 rings (SSSR count). The van der Waals surface area contributed by atoms with Gasteiger partial charge in [-0.05, 0) is 48.2 Å². The Morgan fingerprint density at radius 2 is 1.04 bits per heavy atom. The Morgan fingerprint density at radius 3 is 1.37 bits per heavy atom. The summed E-state index contributed by atoms with van der Waals surface area (Å²) in [5, 5.41) is 17.4. The van der Waals surface area contributed by atoms with Gasteiger partial charge in [0, 0.05) is 18.6 Å². The standard InChI is InChI=1S/C21H28O6/c1-21(2,17-5-9-19(10-6-17)26-24-15-3-13-22)18-7-11-20(12-8-18)27-25-16-4-14-23/h5-12,22-23H,3-4,13-16H2,1-2H3. The van der Waals surface area contributed by atoms with Crippen LogP contribution in [0.3, 0.4) is 0 Å². The molecule has 0 amide bonds. The monoisotopic (exact) mass is 376 g/mol. The topological polar surface area (TPSA) is 77.4 Å². The zero-order valence-electron chi connectivity index (χ0n) is 15.9. The first-order valence-corrected chi connectivity index (χ1v) is 9.09. The normalized spacial score (nSPS) is 11.4. The second kappa shape index (κ2) is 10.9. The highest BCUT2D eigenvalue weighted by Crippen LogP contribution is 2.33. The summed E-state index contributed by atoms with van der Waals surface area (Å²) in [6.45, 7) is 5.15. The van der Waals surface area contributed by atoms with Crippen molar-refractivity contribution in [3.8, 4) is 11.5 Å². The number of aliphatic hydroxyl groups excluding tert-OH is 2. The predicted molar refractivity (Wildman–Crippen MR) is 102 cm³/mol. The van der Waals surface area contributed by atoms with Gasteiger partial charge in [0.2, 0.25) is 0 Å². The van der Waals surface area contributed by atoms with Gasteiger partial charge >= 0.3 is 0 Å². The quantitative estimate of drug-likeness (QED) is 0.336. The molecule has 2 aromatic rings. The van der Waals surface area contributed by atoms with Gasteiger partial charge in [0.05, 0.1) is 13.2 Å². The maximum Gasteiger partial charge on any atom is 0.165 e. The van der Waals surface area contributed by atoms with E-state index in [1.807, 2.05) is 48.5 Å². The van der Waals surface area contributed by atoms with E-state index in [0.29, 0.717) is 37.6 Å². The second-order valence-corrected chi connectivity index (χ2v) is 6.64. The molecule has 2 N–H and O–H groups in total. The van der Waals surface area contributed by atoms with Crippen LogP contribution in [-0.4, -0.2) is 36.6 Å². The molecule has 0 aliphatic heterocycles. The molecule has 0 fully saturated rings. The summed E-state index contributed by atoms with van der Waals surface area (Å²) in [6.07, 6.45) is 1.08. The SMILES string of the molecule is CC(C)(c1ccc(OOCCCO)cc1)c1ccc(OOCCCO)cc1. The van der Waals surface area contributed by atoms with E-state index in [1.165, 1.54) is 0 Å². The van der Waals surface area contributed by atoms with Crippen LogP contribution in [0.2, 0.25) is 0 Å². The summed E-state index contributed by atoms with van der Waals surface area (Å²) < 4.78 is 0. The molecule has 0 aliphatic carbocycles. The predicted octanol–water partition coefficient (Wildman–Crippen LogP) is 3.40. The molecule has 0 saturated heterocycles. The van der Waals surface area contributed by atoms with Gasteiger partial charge in [-0.2, -0.15) is 9.78 Å². The summed E-state index contributed by atoms with van der Waals surface area (Å²) in [5.74, 6) is 1.24. The highest BCUT2D eigenvalue weighted by atomic mass is 17.2. The van der Waals surface area contributed by atoms with E-state index in [9.17, 15) is 0 Å². The number of hydrogen-bond donors (Lipinski definition) is 2. The minimum absolute atomic E-state index is 0.0785. The van der Waals surface area contributed by atoms with Gasteiger partial charge in [-0.25, -0.2) is 0 Å². The maximum absolute atomic E-state index is 8.72. The molecule has 2 aromatic carbocycles. The minimum atomic E-state index is -0.202. The van der Waals surface area contributed by atoms with Gasteiger partial charge in [0.1, 0.15) is 0 Å². The van der Waals surface area contributed by atoms with Crippen LogP contribution in [0.1, 0.15) is 37.8 Å². The Bertz CT molecular complexity index is 594. The molecular formula is C21H28O6. The average Bonchev–Trinajstić information content (AvgIpc) is 2.69. The molecule has 6 heteroatoms. The second-order valence-electron chi connectivity index (χ2n) is 6.64. The smallest absolute Gasteiger partial charge is 0.165 e. The fraction of sp³-hybridized carbons (Fsp3) is 0.429. The molecule has 0 radical (unpaired) electrons. The van der Waals surface area contributed by atoms with Crippen LogP contribution in [0, 0.1) is 0 Å². The minimum Gasteiger partial charge on any atom is -0.396 e. The Labute approximate surface area is 160 Å². The zero-order valence-corrected chi connectivity index (χ0v) is 15.9. The summed E-state index contributed by atoms with van der Waals surface area (Å²) >= 11 is 0. The molecule has 0 bridgehead atoms. The van der Waals surface area contributed by atoms with E-state index >= 15 is 0 Å². The van der Waals surface area contributed by atoms with E-state index in [-0.39, 0.29) is 18.6 Å². The Hall–Kier alpha value is -2.12. The van der Waals surface area contributed by atoms with Crippen molar-refractivity contribution < 1.29 is 29.8 Å². The van der Waals surface area contributed by atoms with Crippen LogP contribution in [0.4, 0.5) is 0 Å². The van der Waals surface area contributed by atoms with Crippen molar-refractivity contribution in [2.24, 2.45) is 0 Å². The van der Waals surface area contributed by atoms with Crippen molar-refractivity contribution in [2.75, 3.05) is 26.4 Å². The molecule has 148 valence electrons. The lowest BCUT2D eigenvalue weighted by Crippen LogP contribution is -2.18. The lowest BCUT2D eigenvalue weighted by molar-refractivity contribution is -0.208. The fourth-order valence-corrected chi connectivity index (χ4v) is 2.49. The fourth-order valence-electron chi connectivity index (χ4n) is 2.49. The first-order valence-electron chi connectivity index (χ1n) is 9.09. The molecule has 0 saturated carbocycles. The lowest BCUT2D eigenvalue weighted by atomic mass is 9.78. The van der Waals surface area contributed by atoms with Gasteiger partial charge in [-0.3, -0.25) is 0 Å². The van der Waals surface area contributed by atoms with E-state index in [4.69, 9.17) is 29.8 Å². The van der Waals surface area contributed by atoms with Crippen molar-refractivity contribution in [1.29, 1.82) is 0 Å². The summed E-state index contributed by atoms with van der Waals surface area (Å²) in [5.41, 5.74) is 2.07. The Balaban J connectivity index is 1.96. The molecular weight excluding hydrogens is 348 g/mol. The summed E-state index contributed by atoms with van der Waals surface area (Å²) in [7, 11) is 0. The van der Waals surface area contributed by atoms with E-state index in [0.717, 1.165) is 11.1 Å². The number of rotatable bonds is 12. The molecule has 0 spiro atoms. The van der Waals surface area contributed by atoms with Crippen LogP contribution < -0.4 is 9.78 Å². The molecule has 0 aromatic heterocycles. The highest BCUT2D eigenvalue weighted by molar-refractivity contribution is 5.41. The van der Waals surface area contributed by atoms with Crippen molar-refractivity contribution in [2.45, 2.75) is 32.1 Å². The van der Waals surface area contributed by atoms with Gasteiger partial charge in [0.25, 0.3) is 0 Å². The lowest BCUT2D eigenvalue weighted by Gasteiger charge is -2.26. The first kappa shape index (κ1) is 21.2. The molecule has 27 heavy (non-hydrogen) atoms. The zero-order chi connectivity index (χ0) is 19.5. The number of benzene rings is 2. The molecule has 0 heterocycles. The number of hydrogen-bond acceptors (Lipinski definition) is 6. The van der Waals surface area contributed by atoms with Crippen molar-refractivity contribution in [3.05, 3.63) is 59.7 Å². The molecule has 0 atom stereocenters. The van der Waals surface area contributed by atoms with Crippen LogP contribution >= 0.6 is 0 Å². The maximum atomic E-state index is 8.72. The summed E-state index contributed by atoms with van der Waals surface area (Å²) in [4.78, 5) is 20.5. The molecule has 0 aliphatic rings. The third-order valence-corrected chi connectivity index (χ3v) is 4.23. The van der Waals surface area contributed by atoms with Gasteiger partial charge in [-0.1, -0.05) is 38.1 Å². The Morgan fingerprint density at radius 1 is 0.667 bits per heavy atom. The van der Waals surface area contributed by atoms with Crippen LogP contribution in [0.25, 0.3) is 0 Å². The van der Waals surface area contributed by atoms with E-state index in [2.05, 4.69) is 13.8 Å². The third-order valence-electron chi connectivity index (χ3n) is 4.23. The van der Waals surface area contributed by atoms with Crippen molar-refractivity contribution in [1.82, 2.24) is 0 Å². The van der Waals surface area contributed by atoms with Crippen LogP contribution in [0.5, 0.6) is 11.5 Å². The highest BCUT2D eigenvalue weighted by Gasteiger charge is 2.23. The Kier molecular flexibility index (Phi) is 8.54. The molecule has 6 nitrogen and oxygen atoms in total. The molecule has 0 unspecified atom stereocenters. The van der Waals surface area contributed by atoms with Gasteiger partial charge < -0.3 is 20.0 Å². The van der Waals surface area contributed by atoms with Gasteiger partial charge in [-0.15, -0.1) is 0 Å². The van der Waals surface area contributed by atoms with E-state index in [1.54, 1.807) is 0 Å². The largest absolute Gasteiger partial charge is 0.396 e.